The summed E-state index contributed by atoms with van der Waals surface area (Å²) in [6, 6.07) is 3.74. The SMILES string of the molecule is CCCn1cc(-c2ccc(F)cc2C(=O)O)cn1. The van der Waals surface area contributed by atoms with Crippen molar-refractivity contribution in [2.24, 2.45) is 0 Å². The van der Waals surface area contributed by atoms with Gasteiger partial charge < -0.3 is 5.11 Å². The molecular formula is C13H13FN2O2. The number of carbonyl (C=O) groups is 1. The molecule has 1 aromatic heterocycles. The van der Waals surface area contributed by atoms with Gasteiger partial charge in [-0.3, -0.25) is 4.68 Å². The van der Waals surface area contributed by atoms with Gasteiger partial charge in [0.05, 0.1) is 11.8 Å². The van der Waals surface area contributed by atoms with Crippen LogP contribution in [-0.2, 0) is 6.54 Å². The van der Waals surface area contributed by atoms with Crippen molar-refractivity contribution in [2.75, 3.05) is 0 Å². The minimum atomic E-state index is -1.15. The van der Waals surface area contributed by atoms with Gasteiger partial charge in [-0.1, -0.05) is 13.0 Å². The van der Waals surface area contributed by atoms with E-state index in [0.717, 1.165) is 19.0 Å². The topological polar surface area (TPSA) is 55.1 Å². The number of aromatic nitrogens is 2. The lowest BCUT2D eigenvalue weighted by Crippen LogP contribution is -2.00. The van der Waals surface area contributed by atoms with Crippen LogP contribution in [-0.4, -0.2) is 20.9 Å². The fraction of sp³-hybridized carbons (Fsp3) is 0.231. The molecule has 1 N–H and O–H groups in total. The van der Waals surface area contributed by atoms with Crippen LogP contribution in [0.2, 0.25) is 0 Å². The highest BCUT2D eigenvalue weighted by atomic mass is 19.1. The molecule has 0 atom stereocenters. The quantitative estimate of drug-likeness (QED) is 0.905. The molecule has 0 radical (unpaired) electrons. The van der Waals surface area contributed by atoms with Crippen molar-refractivity contribution in [1.29, 1.82) is 0 Å². The minimum absolute atomic E-state index is 0.0500. The fourth-order valence-electron chi connectivity index (χ4n) is 1.80. The molecule has 18 heavy (non-hydrogen) atoms. The molecule has 4 nitrogen and oxygen atoms in total. The van der Waals surface area contributed by atoms with Crippen LogP contribution in [0.25, 0.3) is 11.1 Å². The number of hydrogen-bond donors (Lipinski definition) is 1. The largest absolute Gasteiger partial charge is 0.478 e. The molecule has 0 bridgehead atoms. The maximum atomic E-state index is 13.1. The Morgan fingerprint density at radius 1 is 1.50 bits per heavy atom. The Morgan fingerprint density at radius 3 is 2.94 bits per heavy atom. The summed E-state index contributed by atoms with van der Waals surface area (Å²) in [5, 5.41) is 13.2. The van der Waals surface area contributed by atoms with Gasteiger partial charge in [-0.15, -0.1) is 0 Å². The van der Waals surface area contributed by atoms with Gasteiger partial charge in [0.25, 0.3) is 0 Å². The molecule has 1 heterocycles. The van der Waals surface area contributed by atoms with Crippen molar-refractivity contribution in [2.45, 2.75) is 19.9 Å². The zero-order valence-electron chi connectivity index (χ0n) is 9.93. The third-order valence-electron chi connectivity index (χ3n) is 2.61. The molecule has 5 heteroatoms. The van der Waals surface area contributed by atoms with Gasteiger partial charge in [-0.25, -0.2) is 9.18 Å². The number of benzene rings is 1. The first-order valence-electron chi connectivity index (χ1n) is 5.67. The normalized spacial score (nSPS) is 10.6. The second-order valence-corrected chi connectivity index (χ2v) is 3.99. The van der Waals surface area contributed by atoms with E-state index >= 15 is 0 Å². The second-order valence-electron chi connectivity index (χ2n) is 3.99. The Hall–Kier alpha value is -2.17. The first kappa shape index (κ1) is 12.3. The van der Waals surface area contributed by atoms with Gasteiger partial charge in [0.2, 0.25) is 0 Å². The summed E-state index contributed by atoms with van der Waals surface area (Å²) in [5.41, 5.74) is 1.11. The third kappa shape index (κ3) is 2.40. The summed E-state index contributed by atoms with van der Waals surface area (Å²) in [6.07, 6.45) is 4.30. The van der Waals surface area contributed by atoms with E-state index in [9.17, 15) is 9.18 Å². The lowest BCUT2D eigenvalue weighted by Gasteiger charge is -2.03. The molecule has 0 aliphatic carbocycles. The minimum Gasteiger partial charge on any atom is -0.478 e. The Kier molecular flexibility index (Phi) is 3.41. The second kappa shape index (κ2) is 5.00. The highest BCUT2D eigenvalue weighted by Crippen LogP contribution is 2.24. The Balaban J connectivity index is 2.45. The lowest BCUT2D eigenvalue weighted by atomic mass is 10.0. The van der Waals surface area contributed by atoms with E-state index in [1.54, 1.807) is 17.1 Å². The molecule has 0 fully saturated rings. The van der Waals surface area contributed by atoms with E-state index in [4.69, 9.17) is 5.11 Å². The van der Waals surface area contributed by atoms with Gasteiger partial charge in [-0.2, -0.15) is 5.10 Å². The van der Waals surface area contributed by atoms with Gasteiger partial charge in [-0.05, 0) is 24.1 Å². The van der Waals surface area contributed by atoms with Crippen LogP contribution in [0, 0.1) is 5.82 Å². The summed E-state index contributed by atoms with van der Waals surface area (Å²) in [6.45, 7) is 2.80. The molecule has 94 valence electrons. The van der Waals surface area contributed by atoms with Crippen LogP contribution >= 0.6 is 0 Å². The van der Waals surface area contributed by atoms with Gasteiger partial charge in [0, 0.05) is 18.3 Å². The summed E-state index contributed by atoms with van der Waals surface area (Å²) in [7, 11) is 0. The Morgan fingerprint density at radius 2 is 2.28 bits per heavy atom. The fourth-order valence-corrected chi connectivity index (χ4v) is 1.80. The predicted octanol–water partition coefficient (Wildman–Crippen LogP) is 2.80. The molecule has 0 saturated heterocycles. The lowest BCUT2D eigenvalue weighted by molar-refractivity contribution is 0.0697. The zero-order chi connectivity index (χ0) is 13.1. The molecular weight excluding hydrogens is 235 g/mol. The monoisotopic (exact) mass is 248 g/mol. The van der Waals surface area contributed by atoms with Crippen LogP contribution in [0.15, 0.2) is 30.6 Å². The molecule has 2 aromatic rings. The van der Waals surface area contributed by atoms with Crippen molar-refractivity contribution in [1.82, 2.24) is 9.78 Å². The van der Waals surface area contributed by atoms with Gasteiger partial charge in [0.15, 0.2) is 0 Å². The van der Waals surface area contributed by atoms with E-state index in [1.807, 2.05) is 6.92 Å². The van der Waals surface area contributed by atoms with E-state index in [2.05, 4.69) is 5.10 Å². The number of halogens is 1. The van der Waals surface area contributed by atoms with E-state index < -0.39 is 11.8 Å². The number of rotatable bonds is 4. The van der Waals surface area contributed by atoms with E-state index in [0.29, 0.717) is 11.1 Å². The number of aryl methyl sites for hydroxylation is 1. The van der Waals surface area contributed by atoms with Gasteiger partial charge >= 0.3 is 5.97 Å². The molecule has 0 spiro atoms. The maximum absolute atomic E-state index is 13.1. The van der Waals surface area contributed by atoms with Crippen molar-refractivity contribution < 1.29 is 14.3 Å². The standard InChI is InChI=1S/C13H13FN2O2/c1-2-5-16-8-9(7-15-16)11-4-3-10(14)6-12(11)13(17)18/h3-4,6-8H,2,5H2,1H3,(H,17,18). The molecule has 0 unspecified atom stereocenters. The number of carboxylic acids is 1. The van der Waals surface area contributed by atoms with Crippen LogP contribution < -0.4 is 0 Å². The van der Waals surface area contributed by atoms with Crippen molar-refractivity contribution in [3.8, 4) is 11.1 Å². The molecule has 1 aromatic carbocycles. The predicted molar refractivity (Wildman–Crippen MR) is 64.9 cm³/mol. The average Bonchev–Trinajstić information content (AvgIpc) is 2.78. The van der Waals surface area contributed by atoms with E-state index in [1.165, 1.54) is 12.1 Å². The summed E-state index contributed by atoms with van der Waals surface area (Å²) in [5.74, 6) is -1.70. The molecule has 2 rings (SSSR count). The van der Waals surface area contributed by atoms with Crippen LogP contribution in [0.4, 0.5) is 4.39 Å². The number of aromatic carboxylic acids is 1. The average molecular weight is 248 g/mol. The molecule has 0 aliphatic rings. The number of hydrogen-bond acceptors (Lipinski definition) is 2. The highest BCUT2D eigenvalue weighted by molar-refractivity contribution is 5.95. The third-order valence-corrected chi connectivity index (χ3v) is 2.61. The molecule has 0 amide bonds. The summed E-state index contributed by atoms with van der Waals surface area (Å²) >= 11 is 0. The smallest absolute Gasteiger partial charge is 0.336 e. The van der Waals surface area contributed by atoms with Gasteiger partial charge in [0.1, 0.15) is 5.82 Å². The first-order chi connectivity index (χ1) is 8.61. The van der Waals surface area contributed by atoms with E-state index in [-0.39, 0.29) is 5.56 Å². The van der Waals surface area contributed by atoms with Crippen molar-refractivity contribution in [3.63, 3.8) is 0 Å². The molecule has 0 aliphatic heterocycles. The highest BCUT2D eigenvalue weighted by Gasteiger charge is 2.14. The van der Waals surface area contributed by atoms with Crippen molar-refractivity contribution >= 4 is 5.97 Å². The van der Waals surface area contributed by atoms with Crippen LogP contribution in [0.1, 0.15) is 23.7 Å². The summed E-state index contributed by atoms with van der Waals surface area (Å²) in [4.78, 5) is 11.1. The Labute approximate surface area is 104 Å². The first-order valence-corrected chi connectivity index (χ1v) is 5.67. The zero-order valence-corrected chi connectivity index (χ0v) is 9.93. The van der Waals surface area contributed by atoms with Crippen LogP contribution in [0.5, 0.6) is 0 Å². The molecule has 0 saturated carbocycles. The number of carboxylic acid groups (broad SMARTS) is 1. The van der Waals surface area contributed by atoms with Crippen molar-refractivity contribution in [3.05, 3.63) is 42.0 Å². The maximum Gasteiger partial charge on any atom is 0.336 e. The Bertz CT molecular complexity index is 578. The number of nitrogens with zero attached hydrogens (tertiary/aromatic N) is 2. The summed E-state index contributed by atoms with van der Waals surface area (Å²) < 4.78 is 14.8. The van der Waals surface area contributed by atoms with Crippen LogP contribution in [0.3, 0.4) is 0 Å².